The van der Waals surface area contributed by atoms with Crippen molar-refractivity contribution in [1.82, 2.24) is 5.32 Å². The molecule has 0 heterocycles. The Hall–Kier alpha value is -2.82. The molecule has 0 aliphatic rings. The fourth-order valence-electron chi connectivity index (χ4n) is 2.42. The molecule has 2 aromatic carbocycles. The van der Waals surface area contributed by atoms with Crippen molar-refractivity contribution in [2.75, 3.05) is 24.3 Å². The molecule has 0 saturated heterocycles. The summed E-state index contributed by atoms with van der Waals surface area (Å²) in [5.74, 6) is -0.304. The van der Waals surface area contributed by atoms with E-state index in [1.807, 2.05) is 73.6 Å². The molecule has 1 atom stereocenters. The minimum Gasteiger partial charge on any atom is -0.378 e. The number of anilines is 2. The standard InChI is InChI=1S/C19H23N3O2/c1-14(23)20-18(15-7-5-4-6-8-15)13-19(24)21-16-9-11-17(12-10-16)22(2)3/h4-12,18H,13H2,1-3H3,(H,20,23)(H,21,24). The van der Waals surface area contributed by atoms with E-state index in [4.69, 9.17) is 0 Å². The first-order chi connectivity index (χ1) is 11.5. The zero-order valence-electron chi connectivity index (χ0n) is 14.2. The largest absolute Gasteiger partial charge is 0.378 e. The Bertz CT molecular complexity index is 682. The van der Waals surface area contributed by atoms with Crippen molar-refractivity contribution < 1.29 is 9.59 Å². The van der Waals surface area contributed by atoms with Crippen molar-refractivity contribution >= 4 is 23.2 Å². The third-order valence-electron chi connectivity index (χ3n) is 3.64. The van der Waals surface area contributed by atoms with Crippen LogP contribution in [-0.2, 0) is 9.59 Å². The van der Waals surface area contributed by atoms with Crippen molar-refractivity contribution in [1.29, 1.82) is 0 Å². The summed E-state index contributed by atoms with van der Waals surface area (Å²) in [7, 11) is 3.93. The summed E-state index contributed by atoms with van der Waals surface area (Å²) in [6.07, 6.45) is 0.180. The summed E-state index contributed by atoms with van der Waals surface area (Å²) < 4.78 is 0. The highest BCUT2D eigenvalue weighted by Gasteiger charge is 2.17. The van der Waals surface area contributed by atoms with E-state index in [0.717, 1.165) is 16.9 Å². The number of benzene rings is 2. The van der Waals surface area contributed by atoms with Crippen LogP contribution in [0.4, 0.5) is 11.4 Å². The Labute approximate surface area is 142 Å². The monoisotopic (exact) mass is 325 g/mol. The van der Waals surface area contributed by atoms with Crippen LogP contribution in [0.25, 0.3) is 0 Å². The number of nitrogens with one attached hydrogen (secondary N) is 2. The van der Waals surface area contributed by atoms with Gasteiger partial charge >= 0.3 is 0 Å². The van der Waals surface area contributed by atoms with Crippen LogP contribution in [0.1, 0.15) is 24.9 Å². The molecule has 24 heavy (non-hydrogen) atoms. The number of amides is 2. The minimum absolute atomic E-state index is 0.143. The van der Waals surface area contributed by atoms with E-state index in [9.17, 15) is 9.59 Å². The van der Waals surface area contributed by atoms with Crippen LogP contribution in [0.3, 0.4) is 0 Å². The Morgan fingerprint density at radius 1 is 1.00 bits per heavy atom. The lowest BCUT2D eigenvalue weighted by molar-refractivity contribution is -0.120. The number of rotatable bonds is 6. The highest BCUT2D eigenvalue weighted by molar-refractivity contribution is 5.91. The summed E-state index contributed by atoms with van der Waals surface area (Å²) in [4.78, 5) is 25.7. The summed E-state index contributed by atoms with van der Waals surface area (Å²) >= 11 is 0. The van der Waals surface area contributed by atoms with Crippen molar-refractivity contribution in [3.8, 4) is 0 Å². The normalized spacial score (nSPS) is 11.5. The molecule has 0 bridgehead atoms. The topological polar surface area (TPSA) is 61.4 Å². The summed E-state index contributed by atoms with van der Waals surface area (Å²) in [6, 6.07) is 16.8. The van der Waals surface area contributed by atoms with Gasteiger partial charge in [-0.25, -0.2) is 0 Å². The molecule has 0 radical (unpaired) electrons. The van der Waals surface area contributed by atoms with E-state index in [1.165, 1.54) is 6.92 Å². The first-order valence-corrected chi connectivity index (χ1v) is 7.85. The molecule has 0 aromatic heterocycles. The van der Waals surface area contributed by atoms with Gasteiger partial charge in [-0.2, -0.15) is 0 Å². The first kappa shape index (κ1) is 17.5. The Balaban J connectivity index is 2.03. The maximum atomic E-state index is 12.3. The van der Waals surface area contributed by atoms with Crippen LogP contribution in [-0.4, -0.2) is 25.9 Å². The summed E-state index contributed by atoms with van der Waals surface area (Å²) in [5, 5.41) is 5.70. The lowest BCUT2D eigenvalue weighted by atomic mass is 10.0. The van der Waals surface area contributed by atoms with Crippen molar-refractivity contribution in [2.45, 2.75) is 19.4 Å². The Morgan fingerprint density at radius 3 is 2.17 bits per heavy atom. The van der Waals surface area contributed by atoms with Gasteiger partial charge in [-0.05, 0) is 29.8 Å². The van der Waals surface area contributed by atoms with Crippen molar-refractivity contribution in [3.05, 3.63) is 60.2 Å². The number of carbonyl (C=O) groups excluding carboxylic acids is 2. The molecule has 2 amide bonds. The molecule has 0 fully saturated rings. The smallest absolute Gasteiger partial charge is 0.226 e. The average Bonchev–Trinajstić information content (AvgIpc) is 2.55. The highest BCUT2D eigenvalue weighted by atomic mass is 16.2. The fourth-order valence-corrected chi connectivity index (χ4v) is 2.42. The average molecular weight is 325 g/mol. The highest BCUT2D eigenvalue weighted by Crippen LogP contribution is 2.19. The molecule has 2 rings (SSSR count). The molecule has 2 N–H and O–H groups in total. The SMILES string of the molecule is CC(=O)NC(CC(=O)Nc1ccc(N(C)C)cc1)c1ccccc1. The molecular formula is C19H23N3O2. The van der Waals surface area contributed by atoms with E-state index < -0.39 is 0 Å². The zero-order valence-corrected chi connectivity index (χ0v) is 14.2. The molecule has 0 aliphatic carbocycles. The molecule has 1 unspecified atom stereocenters. The van der Waals surface area contributed by atoms with Crippen LogP contribution in [0.2, 0.25) is 0 Å². The van der Waals surface area contributed by atoms with Gasteiger partial charge < -0.3 is 15.5 Å². The minimum atomic E-state index is -0.343. The molecule has 5 nitrogen and oxygen atoms in total. The summed E-state index contributed by atoms with van der Waals surface area (Å²) in [6.45, 7) is 1.45. The van der Waals surface area contributed by atoms with E-state index in [1.54, 1.807) is 0 Å². The Kier molecular flexibility index (Phi) is 5.95. The fraction of sp³-hybridized carbons (Fsp3) is 0.263. The predicted molar refractivity (Wildman–Crippen MR) is 97.0 cm³/mol. The van der Waals surface area contributed by atoms with Gasteiger partial charge in [-0.1, -0.05) is 30.3 Å². The van der Waals surface area contributed by atoms with E-state index in [0.29, 0.717) is 0 Å². The molecule has 0 spiro atoms. The van der Waals surface area contributed by atoms with Gasteiger partial charge in [0.2, 0.25) is 11.8 Å². The molecule has 5 heteroatoms. The molecule has 126 valence electrons. The molecule has 0 saturated carbocycles. The molecule has 0 aliphatic heterocycles. The number of nitrogens with zero attached hydrogens (tertiary/aromatic N) is 1. The van der Waals surface area contributed by atoms with Gasteiger partial charge in [0.25, 0.3) is 0 Å². The second-order valence-electron chi connectivity index (χ2n) is 5.86. The quantitative estimate of drug-likeness (QED) is 0.858. The Morgan fingerprint density at radius 2 is 1.62 bits per heavy atom. The van der Waals surface area contributed by atoms with Crippen LogP contribution in [0.15, 0.2) is 54.6 Å². The molecular weight excluding hydrogens is 302 g/mol. The van der Waals surface area contributed by atoms with Gasteiger partial charge in [0, 0.05) is 32.4 Å². The predicted octanol–water partition coefficient (Wildman–Crippen LogP) is 2.96. The lowest BCUT2D eigenvalue weighted by Gasteiger charge is -2.18. The van der Waals surface area contributed by atoms with E-state index in [-0.39, 0.29) is 24.3 Å². The van der Waals surface area contributed by atoms with Crippen molar-refractivity contribution in [3.63, 3.8) is 0 Å². The van der Waals surface area contributed by atoms with Gasteiger partial charge in [0.15, 0.2) is 0 Å². The second kappa shape index (κ2) is 8.15. The number of carbonyl (C=O) groups is 2. The maximum absolute atomic E-state index is 12.3. The van der Waals surface area contributed by atoms with Gasteiger partial charge in [-0.3, -0.25) is 9.59 Å². The van der Waals surface area contributed by atoms with Crippen LogP contribution in [0.5, 0.6) is 0 Å². The number of hydrogen-bond acceptors (Lipinski definition) is 3. The third-order valence-corrected chi connectivity index (χ3v) is 3.64. The van der Waals surface area contributed by atoms with Gasteiger partial charge in [0.1, 0.15) is 0 Å². The van der Waals surface area contributed by atoms with Crippen LogP contribution < -0.4 is 15.5 Å². The second-order valence-corrected chi connectivity index (χ2v) is 5.86. The maximum Gasteiger partial charge on any atom is 0.226 e. The van der Waals surface area contributed by atoms with Gasteiger partial charge in [0.05, 0.1) is 12.5 Å². The van der Waals surface area contributed by atoms with Crippen LogP contribution >= 0.6 is 0 Å². The lowest BCUT2D eigenvalue weighted by Crippen LogP contribution is -2.29. The first-order valence-electron chi connectivity index (χ1n) is 7.85. The van der Waals surface area contributed by atoms with E-state index >= 15 is 0 Å². The number of hydrogen-bond donors (Lipinski definition) is 2. The van der Waals surface area contributed by atoms with Gasteiger partial charge in [-0.15, -0.1) is 0 Å². The van der Waals surface area contributed by atoms with Crippen molar-refractivity contribution in [2.24, 2.45) is 0 Å². The summed E-state index contributed by atoms with van der Waals surface area (Å²) in [5.41, 5.74) is 2.71. The third kappa shape index (κ3) is 5.12. The van der Waals surface area contributed by atoms with E-state index in [2.05, 4.69) is 10.6 Å². The zero-order chi connectivity index (χ0) is 17.5. The van der Waals surface area contributed by atoms with Crippen LogP contribution in [0, 0.1) is 0 Å². The molecule has 2 aromatic rings.